The molecule has 2 aromatic rings. The van der Waals surface area contributed by atoms with Gasteiger partial charge in [-0.2, -0.15) is 0 Å². The van der Waals surface area contributed by atoms with Gasteiger partial charge in [0, 0.05) is 11.6 Å². The van der Waals surface area contributed by atoms with Gasteiger partial charge in [-0.3, -0.25) is 4.98 Å². The third kappa shape index (κ3) is 1.42. The van der Waals surface area contributed by atoms with Gasteiger partial charge < -0.3 is 0 Å². The van der Waals surface area contributed by atoms with Crippen molar-refractivity contribution < 1.29 is 0 Å². The Balaban J connectivity index is 2.76. The summed E-state index contributed by atoms with van der Waals surface area (Å²) < 4.78 is 0. The molecule has 0 saturated carbocycles. The Kier molecular flexibility index (Phi) is 2.01. The van der Waals surface area contributed by atoms with Crippen molar-refractivity contribution in [3.8, 4) is 0 Å². The van der Waals surface area contributed by atoms with E-state index in [0.29, 0.717) is 5.92 Å². The second-order valence-electron chi connectivity index (χ2n) is 3.50. The van der Waals surface area contributed by atoms with E-state index < -0.39 is 0 Å². The molecule has 0 aliphatic heterocycles. The van der Waals surface area contributed by atoms with Crippen LogP contribution in [0.2, 0.25) is 0 Å². The lowest BCUT2D eigenvalue weighted by Gasteiger charge is -2.07. The van der Waals surface area contributed by atoms with E-state index in [1.54, 1.807) is 0 Å². The molecular formula is C12H12N. The molecule has 13 heavy (non-hydrogen) atoms. The zero-order valence-electron chi connectivity index (χ0n) is 7.91. The molecule has 65 valence electrons. The van der Waals surface area contributed by atoms with Crippen LogP contribution in [0.25, 0.3) is 10.8 Å². The van der Waals surface area contributed by atoms with Crippen LogP contribution in [0.1, 0.15) is 25.5 Å². The summed E-state index contributed by atoms with van der Waals surface area (Å²) in [5, 5.41) is 2.47. The number of benzene rings is 1. The van der Waals surface area contributed by atoms with Gasteiger partial charge in [0.15, 0.2) is 0 Å². The first kappa shape index (κ1) is 8.24. The minimum Gasteiger partial charge on any atom is -0.260 e. The highest BCUT2D eigenvalue weighted by Gasteiger charge is 2.04. The molecule has 0 amide bonds. The summed E-state index contributed by atoms with van der Waals surface area (Å²) in [6.45, 7) is 4.33. The van der Waals surface area contributed by atoms with Gasteiger partial charge in [-0.15, -0.1) is 0 Å². The van der Waals surface area contributed by atoms with E-state index in [9.17, 15) is 0 Å². The minimum atomic E-state index is 0.478. The Hall–Kier alpha value is -1.37. The quantitative estimate of drug-likeness (QED) is 0.640. The van der Waals surface area contributed by atoms with E-state index in [2.05, 4.69) is 31.0 Å². The van der Waals surface area contributed by atoms with Crippen molar-refractivity contribution in [3.63, 3.8) is 0 Å². The Bertz CT molecular complexity index is 413. The summed E-state index contributed by atoms with van der Waals surface area (Å²) in [6, 6.07) is 11.1. The van der Waals surface area contributed by atoms with Gasteiger partial charge in [-0.1, -0.05) is 26.0 Å². The average molecular weight is 170 g/mol. The molecule has 0 atom stereocenters. The fourth-order valence-corrected chi connectivity index (χ4v) is 1.54. The third-order valence-electron chi connectivity index (χ3n) is 2.19. The minimum absolute atomic E-state index is 0.478. The molecule has 0 saturated heterocycles. The van der Waals surface area contributed by atoms with Crippen molar-refractivity contribution in [2.75, 3.05) is 0 Å². The standard InChI is InChI=1S/C12H12N/c1-9(2)12-11-6-4-3-5-10(11)7-8-13-12/h4-9H,1-2H3. The zero-order chi connectivity index (χ0) is 9.26. The average Bonchev–Trinajstić information content (AvgIpc) is 2.17. The maximum absolute atomic E-state index is 4.39. The molecule has 0 spiro atoms. The monoisotopic (exact) mass is 170 g/mol. The highest BCUT2D eigenvalue weighted by atomic mass is 14.7. The van der Waals surface area contributed by atoms with E-state index >= 15 is 0 Å². The van der Waals surface area contributed by atoms with Crippen LogP contribution in [0.5, 0.6) is 0 Å². The number of pyridine rings is 1. The summed E-state index contributed by atoms with van der Waals surface area (Å²) in [7, 11) is 0. The Morgan fingerprint density at radius 1 is 1.31 bits per heavy atom. The first-order valence-electron chi connectivity index (χ1n) is 4.54. The topological polar surface area (TPSA) is 12.9 Å². The Labute approximate surface area is 78.4 Å². The lowest BCUT2D eigenvalue weighted by Crippen LogP contribution is -1.92. The summed E-state index contributed by atoms with van der Waals surface area (Å²) in [5.41, 5.74) is 1.17. The molecule has 1 heterocycles. The highest BCUT2D eigenvalue weighted by Crippen LogP contribution is 2.22. The molecule has 0 aliphatic rings. The molecule has 0 N–H and O–H groups in total. The number of nitrogens with zero attached hydrogens (tertiary/aromatic N) is 1. The van der Waals surface area contributed by atoms with Gasteiger partial charge in [-0.25, -0.2) is 0 Å². The second kappa shape index (κ2) is 3.17. The van der Waals surface area contributed by atoms with Crippen LogP contribution in [-0.4, -0.2) is 4.98 Å². The van der Waals surface area contributed by atoms with Crippen LogP contribution in [0, 0.1) is 6.07 Å². The summed E-state index contributed by atoms with van der Waals surface area (Å²) in [5.74, 6) is 0.478. The SMILES string of the molecule is CC(C)c1nccc2c[c]ccc12. The fourth-order valence-electron chi connectivity index (χ4n) is 1.54. The molecule has 0 bridgehead atoms. The summed E-state index contributed by atoms with van der Waals surface area (Å²) >= 11 is 0. The van der Waals surface area contributed by atoms with Crippen LogP contribution in [-0.2, 0) is 0 Å². The van der Waals surface area contributed by atoms with Crippen LogP contribution in [0.15, 0.2) is 30.5 Å². The molecule has 0 aliphatic carbocycles. The van der Waals surface area contributed by atoms with Crippen LogP contribution in [0.3, 0.4) is 0 Å². The van der Waals surface area contributed by atoms with Gasteiger partial charge >= 0.3 is 0 Å². The molecule has 1 nitrogen and oxygen atoms in total. The number of hydrogen-bond acceptors (Lipinski definition) is 1. The molecule has 1 heteroatoms. The molecular weight excluding hydrogens is 158 g/mol. The van der Waals surface area contributed by atoms with E-state index in [0.717, 1.165) is 0 Å². The largest absolute Gasteiger partial charge is 0.260 e. The number of aromatic nitrogens is 1. The maximum atomic E-state index is 4.39. The van der Waals surface area contributed by atoms with Crippen molar-refractivity contribution in [2.45, 2.75) is 19.8 Å². The van der Waals surface area contributed by atoms with Crippen molar-refractivity contribution in [2.24, 2.45) is 0 Å². The highest BCUT2D eigenvalue weighted by molar-refractivity contribution is 5.84. The molecule has 2 rings (SSSR count). The van der Waals surface area contributed by atoms with Gasteiger partial charge in [-0.05, 0) is 29.5 Å². The normalized spacial score (nSPS) is 11.0. The van der Waals surface area contributed by atoms with E-state index in [1.165, 1.54) is 16.5 Å². The fraction of sp³-hybridized carbons (Fsp3) is 0.250. The zero-order valence-corrected chi connectivity index (χ0v) is 7.91. The molecule has 1 radical (unpaired) electrons. The van der Waals surface area contributed by atoms with Gasteiger partial charge in [0.25, 0.3) is 0 Å². The lowest BCUT2D eigenvalue weighted by molar-refractivity contribution is 0.834. The smallest absolute Gasteiger partial charge is 0.0507 e. The van der Waals surface area contributed by atoms with Gasteiger partial charge in [0.05, 0.1) is 5.69 Å². The lowest BCUT2D eigenvalue weighted by atomic mass is 10.0. The second-order valence-corrected chi connectivity index (χ2v) is 3.50. The van der Waals surface area contributed by atoms with Crippen LogP contribution in [0.4, 0.5) is 0 Å². The van der Waals surface area contributed by atoms with Crippen LogP contribution >= 0.6 is 0 Å². The summed E-state index contributed by atoms with van der Waals surface area (Å²) in [6.07, 6.45) is 1.87. The number of rotatable bonds is 1. The predicted molar refractivity (Wildman–Crippen MR) is 54.7 cm³/mol. The van der Waals surface area contributed by atoms with Crippen molar-refractivity contribution in [1.82, 2.24) is 4.98 Å². The first-order chi connectivity index (χ1) is 6.29. The van der Waals surface area contributed by atoms with Crippen molar-refractivity contribution in [1.29, 1.82) is 0 Å². The Morgan fingerprint density at radius 2 is 2.15 bits per heavy atom. The molecule has 1 aromatic carbocycles. The van der Waals surface area contributed by atoms with E-state index in [4.69, 9.17) is 0 Å². The maximum Gasteiger partial charge on any atom is 0.0507 e. The van der Waals surface area contributed by atoms with E-state index in [-0.39, 0.29) is 0 Å². The number of fused-ring (bicyclic) bond motifs is 1. The molecule has 0 unspecified atom stereocenters. The van der Waals surface area contributed by atoms with Crippen molar-refractivity contribution in [3.05, 3.63) is 42.2 Å². The van der Waals surface area contributed by atoms with Gasteiger partial charge in [0.1, 0.15) is 0 Å². The van der Waals surface area contributed by atoms with E-state index in [1.807, 2.05) is 24.4 Å². The molecule has 1 aromatic heterocycles. The third-order valence-corrected chi connectivity index (χ3v) is 2.19. The molecule has 0 fully saturated rings. The Morgan fingerprint density at radius 3 is 2.92 bits per heavy atom. The van der Waals surface area contributed by atoms with Crippen LogP contribution < -0.4 is 0 Å². The van der Waals surface area contributed by atoms with Gasteiger partial charge in [0.2, 0.25) is 0 Å². The predicted octanol–water partition coefficient (Wildman–Crippen LogP) is 3.16. The summed E-state index contributed by atoms with van der Waals surface area (Å²) in [4.78, 5) is 4.39. The number of hydrogen-bond donors (Lipinski definition) is 0. The first-order valence-corrected chi connectivity index (χ1v) is 4.54. The van der Waals surface area contributed by atoms with Crippen molar-refractivity contribution >= 4 is 10.8 Å².